The topological polar surface area (TPSA) is 97.1 Å². The summed E-state index contributed by atoms with van der Waals surface area (Å²) in [5.41, 5.74) is 2.78. The summed E-state index contributed by atoms with van der Waals surface area (Å²) >= 11 is 1.21. The average Bonchev–Trinajstić information content (AvgIpc) is 3.13. The van der Waals surface area contributed by atoms with Crippen molar-refractivity contribution >= 4 is 40.5 Å². The Balaban J connectivity index is 1.56. The smallest absolute Gasteiger partial charge is 0.256 e. The third-order valence-corrected chi connectivity index (χ3v) is 6.55. The molecule has 0 saturated heterocycles. The standard InChI is InChI=1S/C26H26N4O3S/c1-15-17(3)33-25-21(15)22(28-24(32)20-13-9-6-10-14-20)29-26(30-25)34-18(4)23(31)27-16(2)19-11-7-5-8-12-19/h5-14,16,18H,1-4H3,(H,27,31)(H,28,29,30,32). The number of amides is 2. The zero-order chi connectivity index (χ0) is 24.2. The highest BCUT2D eigenvalue weighted by Gasteiger charge is 2.22. The number of nitrogens with zero attached hydrogens (tertiary/aromatic N) is 2. The molecule has 8 heteroatoms. The maximum absolute atomic E-state index is 12.8. The zero-order valence-electron chi connectivity index (χ0n) is 19.5. The van der Waals surface area contributed by atoms with E-state index in [0.29, 0.717) is 33.4 Å². The fourth-order valence-corrected chi connectivity index (χ4v) is 4.28. The van der Waals surface area contributed by atoms with Gasteiger partial charge in [-0.1, -0.05) is 60.3 Å². The van der Waals surface area contributed by atoms with Crippen LogP contribution >= 0.6 is 11.8 Å². The summed E-state index contributed by atoms with van der Waals surface area (Å²) in [6.45, 7) is 7.48. The van der Waals surface area contributed by atoms with Crippen molar-refractivity contribution < 1.29 is 14.0 Å². The Labute approximate surface area is 202 Å². The minimum absolute atomic E-state index is 0.128. The number of anilines is 1. The van der Waals surface area contributed by atoms with Crippen LogP contribution < -0.4 is 10.6 Å². The molecule has 0 aliphatic carbocycles. The zero-order valence-corrected chi connectivity index (χ0v) is 20.3. The minimum Gasteiger partial charge on any atom is -0.443 e. The van der Waals surface area contributed by atoms with Crippen molar-refractivity contribution in [3.05, 3.63) is 83.1 Å². The van der Waals surface area contributed by atoms with Crippen molar-refractivity contribution in [2.45, 2.75) is 44.1 Å². The Bertz CT molecular complexity index is 1320. The number of nitrogens with one attached hydrogen (secondary N) is 2. The first kappa shape index (κ1) is 23.5. The third kappa shape index (κ3) is 5.12. The Hall–Kier alpha value is -3.65. The number of aromatic nitrogens is 2. The number of fused-ring (bicyclic) bond motifs is 1. The molecule has 0 fully saturated rings. The summed E-state index contributed by atoms with van der Waals surface area (Å²) in [6, 6.07) is 18.6. The van der Waals surface area contributed by atoms with Crippen LogP contribution in [0.25, 0.3) is 11.1 Å². The van der Waals surface area contributed by atoms with Crippen LogP contribution in [0, 0.1) is 13.8 Å². The number of carbonyl (C=O) groups is 2. The number of benzene rings is 2. The Morgan fingerprint density at radius 3 is 2.26 bits per heavy atom. The number of rotatable bonds is 7. The summed E-state index contributed by atoms with van der Waals surface area (Å²) in [5, 5.41) is 6.46. The van der Waals surface area contributed by atoms with Crippen molar-refractivity contribution in [3.8, 4) is 0 Å². The van der Waals surface area contributed by atoms with Gasteiger partial charge in [0.1, 0.15) is 11.6 Å². The van der Waals surface area contributed by atoms with E-state index in [1.807, 2.05) is 57.2 Å². The van der Waals surface area contributed by atoms with Gasteiger partial charge in [0.2, 0.25) is 11.6 Å². The predicted octanol–water partition coefficient (Wildman–Crippen LogP) is 5.45. The van der Waals surface area contributed by atoms with E-state index in [1.165, 1.54) is 11.8 Å². The predicted molar refractivity (Wildman–Crippen MR) is 134 cm³/mol. The maximum Gasteiger partial charge on any atom is 0.256 e. The van der Waals surface area contributed by atoms with Crippen molar-refractivity contribution in [1.82, 2.24) is 15.3 Å². The molecule has 0 bridgehead atoms. The van der Waals surface area contributed by atoms with Crippen LogP contribution in [0.2, 0.25) is 0 Å². The lowest BCUT2D eigenvalue weighted by Gasteiger charge is -2.17. The molecule has 0 saturated carbocycles. The van der Waals surface area contributed by atoms with Crippen LogP contribution in [-0.2, 0) is 4.79 Å². The molecule has 2 aromatic heterocycles. The van der Waals surface area contributed by atoms with Crippen LogP contribution in [0.3, 0.4) is 0 Å². The van der Waals surface area contributed by atoms with E-state index in [1.54, 1.807) is 31.2 Å². The Kier molecular flexibility index (Phi) is 6.98. The van der Waals surface area contributed by atoms with Gasteiger partial charge in [0.25, 0.3) is 5.91 Å². The first-order valence-electron chi connectivity index (χ1n) is 11.0. The highest BCUT2D eigenvalue weighted by Crippen LogP contribution is 2.32. The number of aryl methyl sites for hydroxylation is 2. The molecule has 2 amide bonds. The number of furan rings is 1. The molecule has 2 N–H and O–H groups in total. The van der Waals surface area contributed by atoms with Crippen LogP contribution in [0.15, 0.2) is 70.2 Å². The second-order valence-corrected chi connectivity index (χ2v) is 9.35. The van der Waals surface area contributed by atoms with Gasteiger partial charge in [-0.2, -0.15) is 4.98 Å². The molecule has 4 aromatic rings. The molecule has 7 nitrogen and oxygen atoms in total. The average molecular weight is 475 g/mol. The van der Waals surface area contributed by atoms with Crippen LogP contribution in [-0.4, -0.2) is 27.0 Å². The van der Waals surface area contributed by atoms with E-state index in [2.05, 4.69) is 20.6 Å². The molecule has 2 atom stereocenters. The minimum atomic E-state index is -0.460. The quantitative estimate of drug-likeness (QED) is 0.273. The van der Waals surface area contributed by atoms with Crippen molar-refractivity contribution in [1.29, 1.82) is 0 Å². The molecule has 0 aliphatic rings. The molecule has 174 valence electrons. The molecule has 0 spiro atoms. The monoisotopic (exact) mass is 474 g/mol. The van der Waals surface area contributed by atoms with Gasteiger partial charge in [0, 0.05) is 11.1 Å². The van der Waals surface area contributed by atoms with Crippen LogP contribution in [0.1, 0.15) is 47.1 Å². The van der Waals surface area contributed by atoms with Gasteiger partial charge in [-0.15, -0.1) is 0 Å². The number of hydrogen-bond donors (Lipinski definition) is 2. The Morgan fingerprint density at radius 1 is 0.941 bits per heavy atom. The van der Waals surface area contributed by atoms with E-state index in [0.717, 1.165) is 11.1 Å². The highest BCUT2D eigenvalue weighted by molar-refractivity contribution is 8.00. The third-order valence-electron chi connectivity index (χ3n) is 5.59. The molecule has 2 heterocycles. The maximum atomic E-state index is 12.8. The first-order chi connectivity index (χ1) is 16.3. The molecule has 2 aromatic carbocycles. The summed E-state index contributed by atoms with van der Waals surface area (Å²) in [6.07, 6.45) is 0. The number of carbonyl (C=O) groups excluding carboxylic acids is 2. The first-order valence-corrected chi connectivity index (χ1v) is 11.9. The highest BCUT2D eigenvalue weighted by atomic mass is 32.2. The SMILES string of the molecule is Cc1oc2nc(SC(C)C(=O)NC(C)c3ccccc3)nc(NC(=O)c3ccccc3)c2c1C. The fraction of sp³-hybridized carbons (Fsp3) is 0.231. The van der Waals surface area contributed by atoms with E-state index in [-0.39, 0.29) is 17.9 Å². The van der Waals surface area contributed by atoms with Gasteiger partial charge in [-0.25, -0.2) is 4.98 Å². The molecule has 2 unspecified atom stereocenters. The van der Waals surface area contributed by atoms with Gasteiger partial charge >= 0.3 is 0 Å². The summed E-state index contributed by atoms with van der Waals surface area (Å²) in [7, 11) is 0. The number of thioether (sulfide) groups is 1. The molecular formula is C26H26N4O3S. The lowest BCUT2D eigenvalue weighted by atomic mass is 10.1. The Morgan fingerprint density at radius 2 is 1.59 bits per heavy atom. The van der Waals surface area contributed by atoms with Crippen molar-refractivity contribution in [2.24, 2.45) is 0 Å². The largest absolute Gasteiger partial charge is 0.443 e. The van der Waals surface area contributed by atoms with Crippen LogP contribution in [0.4, 0.5) is 5.82 Å². The normalized spacial score (nSPS) is 12.8. The van der Waals surface area contributed by atoms with E-state index in [9.17, 15) is 9.59 Å². The molecule has 4 rings (SSSR count). The van der Waals surface area contributed by atoms with Gasteiger partial charge in [0.15, 0.2) is 5.16 Å². The second-order valence-electron chi connectivity index (χ2n) is 8.04. The van der Waals surface area contributed by atoms with Crippen molar-refractivity contribution in [2.75, 3.05) is 5.32 Å². The summed E-state index contributed by atoms with van der Waals surface area (Å²) in [5.74, 6) is 0.647. The number of hydrogen-bond acceptors (Lipinski definition) is 6. The molecule has 0 radical (unpaired) electrons. The van der Waals surface area contributed by atoms with Gasteiger partial charge in [-0.3, -0.25) is 9.59 Å². The van der Waals surface area contributed by atoms with E-state index in [4.69, 9.17) is 4.42 Å². The lowest BCUT2D eigenvalue weighted by molar-refractivity contribution is -0.120. The fourth-order valence-electron chi connectivity index (χ4n) is 3.51. The second kappa shape index (κ2) is 10.1. The van der Waals surface area contributed by atoms with Gasteiger partial charge < -0.3 is 15.1 Å². The van der Waals surface area contributed by atoms with Gasteiger partial charge in [-0.05, 0) is 45.4 Å². The van der Waals surface area contributed by atoms with E-state index >= 15 is 0 Å². The molecule has 34 heavy (non-hydrogen) atoms. The summed E-state index contributed by atoms with van der Waals surface area (Å²) in [4.78, 5) is 34.7. The molecular weight excluding hydrogens is 448 g/mol. The lowest BCUT2D eigenvalue weighted by Crippen LogP contribution is -2.33. The molecule has 0 aliphatic heterocycles. The van der Waals surface area contributed by atoms with Gasteiger partial charge in [0.05, 0.1) is 16.7 Å². The van der Waals surface area contributed by atoms with E-state index < -0.39 is 5.25 Å². The van der Waals surface area contributed by atoms with Crippen molar-refractivity contribution in [3.63, 3.8) is 0 Å². The summed E-state index contributed by atoms with van der Waals surface area (Å²) < 4.78 is 5.82. The van der Waals surface area contributed by atoms with Crippen LogP contribution in [0.5, 0.6) is 0 Å².